The molecule has 0 aliphatic heterocycles. The van der Waals surface area contributed by atoms with Crippen molar-refractivity contribution in [2.24, 2.45) is 5.92 Å². The van der Waals surface area contributed by atoms with E-state index in [4.69, 9.17) is 0 Å². The maximum atomic E-state index is 12.1. The molecule has 1 aromatic rings. The fraction of sp³-hybridized carbons (Fsp3) is 0.474. The van der Waals surface area contributed by atoms with E-state index in [1.54, 1.807) is 12.1 Å². The van der Waals surface area contributed by atoms with Gasteiger partial charge in [0.1, 0.15) is 5.75 Å². The Kier molecular flexibility index (Phi) is 6.84. The summed E-state index contributed by atoms with van der Waals surface area (Å²) >= 11 is 1.96. The molecule has 0 radical (unpaired) electrons. The van der Waals surface area contributed by atoms with Crippen LogP contribution in [0.4, 0.5) is 13.2 Å². The van der Waals surface area contributed by atoms with Gasteiger partial charge in [0.25, 0.3) is 0 Å². The van der Waals surface area contributed by atoms with E-state index in [2.05, 4.69) is 23.1 Å². The van der Waals surface area contributed by atoms with Crippen LogP contribution in [0.1, 0.15) is 38.2 Å². The molecule has 5 heteroatoms. The van der Waals surface area contributed by atoms with Gasteiger partial charge in [0.05, 0.1) is 0 Å². The molecule has 0 unspecified atom stereocenters. The summed E-state index contributed by atoms with van der Waals surface area (Å²) in [6.07, 6.45) is 8.89. The van der Waals surface area contributed by atoms with E-state index in [1.807, 2.05) is 24.8 Å². The number of hydrogen-bond donors (Lipinski definition) is 0. The standard InChI is InChI=1S/C19H23F3OS/c1-14(4-3-5-15-6-12-18(24-2)13-7-15)16-8-10-17(11-9-16)23-19(20,21)22/h3-5,8-11,15,18H,6-7,12-13H2,1-2H3/b5-3+,14-4+. The Morgan fingerprint density at radius 2 is 1.75 bits per heavy atom. The second-order valence-electron chi connectivity index (χ2n) is 6.08. The Hall–Kier alpha value is -1.36. The highest BCUT2D eigenvalue weighted by atomic mass is 32.2. The third-order valence-corrected chi connectivity index (χ3v) is 5.46. The van der Waals surface area contributed by atoms with Crippen LogP contribution < -0.4 is 4.74 Å². The summed E-state index contributed by atoms with van der Waals surface area (Å²) in [5, 5.41) is 0.810. The molecule has 0 heterocycles. The highest BCUT2D eigenvalue weighted by Gasteiger charge is 2.30. The Morgan fingerprint density at radius 3 is 2.29 bits per heavy atom. The van der Waals surface area contributed by atoms with Gasteiger partial charge in [0.2, 0.25) is 0 Å². The van der Waals surface area contributed by atoms with Gasteiger partial charge in [-0.1, -0.05) is 30.4 Å². The lowest BCUT2D eigenvalue weighted by atomic mass is 9.88. The number of rotatable bonds is 5. The van der Waals surface area contributed by atoms with Gasteiger partial charge in [-0.2, -0.15) is 11.8 Å². The number of benzene rings is 1. The minimum absolute atomic E-state index is 0.194. The molecule has 1 aromatic carbocycles. The van der Waals surface area contributed by atoms with Gasteiger partial charge in [-0.3, -0.25) is 0 Å². The van der Waals surface area contributed by atoms with Crippen LogP contribution in [0.25, 0.3) is 5.57 Å². The zero-order valence-corrected chi connectivity index (χ0v) is 14.8. The lowest BCUT2D eigenvalue weighted by Crippen LogP contribution is -2.16. The summed E-state index contributed by atoms with van der Waals surface area (Å²) in [7, 11) is 0. The summed E-state index contributed by atoms with van der Waals surface area (Å²) in [6.45, 7) is 1.95. The van der Waals surface area contributed by atoms with Crippen molar-refractivity contribution in [3.63, 3.8) is 0 Å². The van der Waals surface area contributed by atoms with Gasteiger partial charge in [-0.05, 0) is 68.0 Å². The fourth-order valence-corrected chi connectivity index (χ4v) is 3.63. The van der Waals surface area contributed by atoms with Crippen LogP contribution in [0.3, 0.4) is 0 Å². The Balaban J connectivity index is 1.90. The van der Waals surface area contributed by atoms with Crippen molar-refractivity contribution >= 4 is 17.3 Å². The maximum absolute atomic E-state index is 12.1. The SMILES string of the molecule is CSC1CCC(/C=C/C=C(\C)c2ccc(OC(F)(F)F)cc2)CC1. The maximum Gasteiger partial charge on any atom is 0.573 e. The first-order chi connectivity index (χ1) is 11.4. The summed E-state index contributed by atoms with van der Waals surface area (Å²) in [5.74, 6) is 0.445. The molecular weight excluding hydrogens is 333 g/mol. The van der Waals surface area contributed by atoms with Crippen LogP contribution in [0.2, 0.25) is 0 Å². The van der Waals surface area contributed by atoms with Crippen LogP contribution in [0, 0.1) is 5.92 Å². The lowest BCUT2D eigenvalue weighted by molar-refractivity contribution is -0.274. The predicted molar refractivity (Wildman–Crippen MR) is 95.2 cm³/mol. The average molecular weight is 356 g/mol. The number of ether oxygens (including phenoxy) is 1. The molecule has 1 saturated carbocycles. The molecule has 0 bridgehead atoms. The molecule has 24 heavy (non-hydrogen) atoms. The molecule has 0 saturated heterocycles. The Bertz CT molecular complexity index is 567. The molecule has 132 valence electrons. The van der Waals surface area contributed by atoms with Gasteiger partial charge in [0.15, 0.2) is 0 Å². The molecule has 1 nitrogen and oxygen atoms in total. The predicted octanol–water partition coefficient (Wildman–Crippen LogP) is 6.47. The first-order valence-corrected chi connectivity index (χ1v) is 9.40. The van der Waals surface area contributed by atoms with E-state index in [1.165, 1.54) is 37.8 Å². The number of alkyl halides is 3. The minimum atomic E-state index is -4.65. The molecule has 1 aliphatic rings. The van der Waals surface area contributed by atoms with E-state index in [-0.39, 0.29) is 5.75 Å². The highest BCUT2D eigenvalue weighted by Crippen LogP contribution is 2.31. The molecule has 0 amide bonds. The van der Waals surface area contributed by atoms with E-state index in [0.29, 0.717) is 5.92 Å². The van der Waals surface area contributed by atoms with Crippen LogP contribution in [-0.2, 0) is 0 Å². The van der Waals surface area contributed by atoms with Crippen molar-refractivity contribution in [3.8, 4) is 5.75 Å². The summed E-state index contributed by atoms with van der Waals surface area (Å²) in [6, 6.07) is 5.97. The number of thioether (sulfide) groups is 1. The molecule has 1 aliphatic carbocycles. The zero-order chi connectivity index (χ0) is 17.6. The van der Waals surface area contributed by atoms with E-state index >= 15 is 0 Å². The normalized spacial score (nSPS) is 22.8. The second kappa shape index (κ2) is 8.65. The zero-order valence-electron chi connectivity index (χ0n) is 14.0. The molecular formula is C19H23F3OS. The minimum Gasteiger partial charge on any atom is -0.406 e. The summed E-state index contributed by atoms with van der Waals surface area (Å²) < 4.78 is 40.3. The summed E-state index contributed by atoms with van der Waals surface area (Å²) in [4.78, 5) is 0. The quantitative estimate of drug-likeness (QED) is 0.559. The monoisotopic (exact) mass is 356 g/mol. The molecule has 0 aromatic heterocycles. The van der Waals surface area contributed by atoms with Crippen LogP contribution in [0.5, 0.6) is 5.75 Å². The van der Waals surface area contributed by atoms with Crippen molar-refractivity contribution < 1.29 is 17.9 Å². The van der Waals surface area contributed by atoms with Crippen molar-refractivity contribution in [2.45, 2.75) is 44.2 Å². The first-order valence-electron chi connectivity index (χ1n) is 8.11. The van der Waals surface area contributed by atoms with Gasteiger partial charge in [-0.25, -0.2) is 0 Å². The number of allylic oxidation sites excluding steroid dienone is 4. The van der Waals surface area contributed by atoms with E-state index in [0.717, 1.165) is 16.4 Å². The third kappa shape index (κ3) is 6.27. The third-order valence-electron chi connectivity index (χ3n) is 4.32. The molecule has 1 fully saturated rings. The van der Waals surface area contributed by atoms with E-state index < -0.39 is 6.36 Å². The number of halogens is 3. The fourth-order valence-electron chi connectivity index (χ4n) is 2.89. The Labute approximate surface area is 146 Å². The van der Waals surface area contributed by atoms with Gasteiger partial charge in [0, 0.05) is 5.25 Å². The van der Waals surface area contributed by atoms with Gasteiger partial charge < -0.3 is 4.74 Å². The second-order valence-corrected chi connectivity index (χ2v) is 7.22. The molecule has 0 N–H and O–H groups in total. The topological polar surface area (TPSA) is 9.23 Å². The van der Waals surface area contributed by atoms with Crippen molar-refractivity contribution in [3.05, 3.63) is 48.1 Å². The molecule has 0 atom stereocenters. The highest BCUT2D eigenvalue weighted by molar-refractivity contribution is 7.99. The van der Waals surface area contributed by atoms with Crippen LogP contribution in [0.15, 0.2) is 42.5 Å². The summed E-state index contributed by atoms with van der Waals surface area (Å²) in [5.41, 5.74) is 1.91. The largest absolute Gasteiger partial charge is 0.573 e. The lowest BCUT2D eigenvalue weighted by Gasteiger charge is -2.25. The van der Waals surface area contributed by atoms with Crippen molar-refractivity contribution in [2.75, 3.05) is 6.26 Å². The first kappa shape index (κ1) is 19.0. The molecule has 0 spiro atoms. The smallest absolute Gasteiger partial charge is 0.406 e. The van der Waals surface area contributed by atoms with Crippen molar-refractivity contribution in [1.29, 1.82) is 0 Å². The van der Waals surface area contributed by atoms with Crippen LogP contribution >= 0.6 is 11.8 Å². The molecule has 2 rings (SSSR count). The van der Waals surface area contributed by atoms with Crippen LogP contribution in [-0.4, -0.2) is 17.9 Å². The Morgan fingerprint density at radius 1 is 1.12 bits per heavy atom. The average Bonchev–Trinajstić information content (AvgIpc) is 2.54. The van der Waals surface area contributed by atoms with E-state index in [9.17, 15) is 13.2 Å². The van der Waals surface area contributed by atoms with Gasteiger partial charge >= 0.3 is 6.36 Å². The van der Waals surface area contributed by atoms with Gasteiger partial charge in [-0.15, -0.1) is 13.2 Å². The van der Waals surface area contributed by atoms with Crippen molar-refractivity contribution in [1.82, 2.24) is 0 Å². The number of hydrogen-bond acceptors (Lipinski definition) is 2.